The maximum absolute atomic E-state index is 12.3. The van der Waals surface area contributed by atoms with E-state index < -0.39 is 11.7 Å². The van der Waals surface area contributed by atoms with Gasteiger partial charge in [0.15, 0.2) is 0 Å². The molecule has 1 fully saturated rings. The number of rotatable bonds is 1. The Morgan fingerprint density at radius 1 is 0.933 bits per heavy atom. The van der Waals surface area contributed by atoms with Gasteiger partial charge >= 0.3 is 6.18 Å². The lowest BCUT2D eigenvalue weighted by Gasteiger charge is -2.18. The monoisotopic (exact) mass is 215 g/mol. The van der Waals surface area contributed by atoms with Crippen molar-refractivity contribution in [2.24, 2.45) is 0 Å². The molecule has 2 rings (SSSR count). The Morgan fingerprint density at radius 2 is 1.47 bits per heavy atom. The summed E-state index contributed by atoms with van der Waals surface area (Å²) in [5, 5.41) is 0. The van der Waals surface area contributed by atoms with Crippen LogP contribution in [0.15, 0.2) is 24.3 Å². The molecule has 0 atom stereocenters. The Labute approximate surface area is 86.5 Å². The predicted molar refractivity (Wildman–Crippen MR) is 52.9 cm³/mol. The van der Waals surface area contributed by atoms with E-state index in [1.54, 1.807) is 12.1 Å². The van der Waals surface area contributed by atoms with Gasteiger partial charge in [-0.2, -0.15) is 13.2 Å². The molecule has 0 saturated carbocycles. The highest BCUT2D eigenvalue weighted by Crippen LogP contribution is 2.31. The van der Waals surface area contributed by atoms with Crippen LogP contribution in [0.5, 0.6) is 0 Å². The van der Waals surface area contributed by atoms with Gasteiger partial charge in [-0.15, -0.1) is 0 Å². The maximum atomic E-state index is 12.3. The van der Waals surface area contributed by atoms with Gasteiger partial charge in [-0.25, -0.2) is 0 Å². The van der Waals surface area contributed by atoms with E-state index in [-0.39, 0.29) is 0 Å². The van der Waals surface area contributed by atoms with Gasteiger partial charge < -0.3 is 4.90 Å². The third kappa shape index (κ3) is 2.25. The third-order valence-corrected chi connectivity index (χ3v) is 2.67. The molecule has 0 spiro atoms. The summed E-state index contributed by atoms with van der Waals surface area (Å²) in [5.74, 6) is 0. The second-order valence-corrected chi connectivity index (χ2v) is 3.74. The molecule has 0 radical (unpaired) electrons. The number of nitrogens with zero attached hydrogens (tertiary/aromatic N) is 1. The van der Waals surface area contributed by atoms with Gasteiger partial charge in [0.25, 0.3) is 0 Å². The molecule has 1 aromatic carbocycles. The molecule has 0 aromatic heterocycles. The Bertz CT molecular complexity index is 323. The van der Waals surface area contributed by atoms with Crippen LogP contribution in [0.3, 0.4) is 0 Å². The molecule has 0 aliphatic carbocycles. The summed E-state index contributed by atoms with van der Waals surface area (Å²) in [6.45, 7) is 1.90. The molecule has 0 unspecified atom stereocenters. The maximum Gasteiger partial charge on any atom is 0.416 e. The van der Waals surface area contributed by atoms with Gasteiger partial charge in [-0.05, 0) is 37.1 Å². The van der Waals surface area contributed by atoms with E-state index in [4.69, 9.17) is 0 Å². The fourth-order valence-corrected chi connectivity index (χ4v) is 1.84. The minimum absolute atomic E-state index is 0.578. The van der Waals surface area contributed by atoms with Gasteiger partial charge in [0.2, 0.25) is 0 Å². The molecule has 1 saturated heterocycles. The van der Waals surface area contributed by atoms with Crippen LogP contribution in [-0.4, -0.2) is 13.1 Å². The highest BCUT2D eigenvalue weighted by Gasteiger charge is 2.30. The van der Waals surface area contributed by atoms with Crippen LogP contribution >= 0.6 is 0 Å². The average Bonchev–Trinajstić information content (AvgIpc) is 2.69. The number of hydrogen-bond acceptors (Lipinski definition) is 1. The van der Waals surface area contributed by atoms with Crippen LogP contribution in [-0.2, 0) is 6.18 Å². The van der Waals surface area contributed by atoms with Gasteiger partial charge in [0, 0.05) is 18.8 Å². The van der Waals surface area contributed by atoms with Crippen molar-refractivity contribution in [3.8, 4) is 0 Å². The lowest BCUT2D eigenvalue weighted by molar-refractivity contribution is -0.137. The lowest BCUT2D eigenvalue weighted by Crippen LogP contribution is -2.17. The van der Waals surface area contributed by atoms with E-state index in [2.05, 4.69) is 4.90 Å². The Kier molecular flexibility index (Phi) is 2.59. The summed E-state index contributed by atoms with van der Waals surface area (Å²) < 4.78 is 36.8. The van der Waals surface area contributed by atoms with Crippen molar-refractivity contribution < 1.29 is 13.2 Å². The average molecular weight is 215 g/mol. The van der Waals surface area contributed by atoms with Crippen LogP contribution in [0, 0.1) is 0 Å². The molecule has 1 heterocycles. The molecular weight excluding hydrogens is 203 g/mol. The highest BCUT2D eigenvalue weighted by molar-refractivity contribution is 5.48. The van der Waals surface area contributed by atoms with Crippen LogP contribution in [0.4, 0.5) is 18.9 Å². The van der Waals surface area contributed by atoms with E-state index in [0.717, 1.165) is 43.8 Å². The molecule has 4 heteroatoms. The van der Waals surface area contributed by atoms with Crippen molar-refractivity contribution in [3.05, 3.63) is 29.8 Å². The topological polar surface area (TPSA) is 3.24 Å². The molecule has 82 valence electrons. The van der Waals surface area contributed by atoms with Gasteiger partial charge in [0.05, 0.1) is 5.56 Å². The summed E-state index contributed by atoms with van der Waals surface area (Å²) in [7, 11) is 0. The van der Waals surface area contributed by atoms with Crippen molar-refractivity contribution in [2.45, 2.75) is 19.0 Å². The fourth-order valence-electron chi connectivity index (χ4n) is 1.84. The van der Waals surface area contributed by atoms with Crippen LogP contribution in [0.25, 0.3) is 0 Å². The summed E-state index contributed by atoms with van der Waals surface area (Å²) in [6.07, 6.45) is -1.98. The van der Waals surface area contributed by atoms with Gasteiger partial charge in [0.1, 0.15) is 0 Å². The molecular formula is C11H12F3N. The number of halogens is 3. The second kappa shape index (κ2) is 3.76. The molecule has 0 bridgehead atoms. The van der Waals surface area contributed by atoms with Crippen LogP contribution < -0.4 is 4.90 Å². The standard InChI is InChI=1S/C11H12F3N/c12-11(13,14)9-3-5-10(6-4-9)15-7-1-2-8-15/h3-6H,1-2,7-8H2. The minimum atomic E-state index is -4.23. The first-order chi connectivity index (χ1) is 7.07. The summed E-state index contributed by atoms with van der Waals surface area (Å²) in [4.78, 5) is 2.11. The molecule has 1 nitrogen and oxygen atoms in total. The smallest absolute Gasteiger partial charge is 0.372 e. The van der Waals surface area contributed by atoms with Crippen LogP contribution in [0.1, 0.15) is 18.4 Å². The molecule has 1 aliphatic heterocycles. The van der Waals surface area contributed by atoms with Crippen molar-refractivity contribution >= 4 is 5.69 Å². The summed E-state index contributed by atoms with van der Waals surface area (Å²) >= 11 is 0. The van der Waals surface area contributed by atoms with E-state index >= 15 is 0 Å². The van der Waals surface area contributed by atoms with Crippen molar-refractivity contribution in [1.29, 1.82) is 0 Å². The SMILES string of the molecule is FC(F)(F)c1ccc(N2CCCC2)cc1. The van der Waals surface area contributed by atoms with Crippen molar-refractivity contribution in [2.75, 3.05) is 18.0 Å². The molecule has 1 aromatic rings. The van der Waals surface area contributed by atoms with E-state index in [1.807, 2.05) is 0 Å². The first-order valence-corrected chi connectivity index (χ1v) is 4.99. The van der Waals surface area contributed by atoms with E-state index in [0.29, 0.717) is 0 Å². The zero-order chi connectivity index (χ0) is 10.9. The Morgan fingerprint density at radius 3 is 1.93 bits per heavy atom. The first kappa shape index (κ1) is 10.3. The third-order valence-electron chi connectivity index (χ3n) is 2.67. The normalized spacial score (nSPS) is 17.1. The Hall–Kier alpha value is -1.19. The fraction of sp³-hybridized carbons (Fsp3) is 0.455. The number of alkyl halides is 3. The van der Waals surface area contributed by atoms with E-state index in [9.17, 15) is 13.2 Å². The zero-order valence-electron chi connectivity index (χ0n) is 8.22. The summed E-state index contributed by atoms with van der Waals surface area (Å²) in [6, 6.07) is 5.39. The second-order valence-electron chi connectivity index (χ2n) is 3.74. The molecule has 1 aliphatic rings. The molecule has 0 amide bonds. The van der Waals surface area contributed by atoms with Crippen LogP contribution in [0.2, 0.25) is 0 Å². The van der Waals surface area contributed by atoms with Gasteiger partial charge in [-0.3, -0.25) is 0 Å². The number of anilines is 1. The molecule has 0 N–H and O–H groups in total. The highest BCUT2D eigenvalue weighted by atomic mass is 19.4. The van der Waals surface area contributed by atoms with Crippen molar-refractivity contribution in [1.82, 2.24) is 0 Å². The summed E-state index contributed by atoms with van der Waals surface area (Å²) in [5.41, 5.74) is 0.311. The van der Waals surface area contributed by atoms with Gasteiger partial charge in [-0.1, -0.05) is 0 Å². The van der Waals surface area contributed by atoms with E-state index in [1.165, 1.54) is 0 Å². The quantitative estimate of drug-likeness (QED) is 0.694. The van der Waals surface area contributed by atoms with Crippen molar-refractivity contribution in [3.63, 3.8) is 0 Å². The number of benzene rings is 1. The Balaban J connectivity index is 2.16. The number of hydrogen-bond donors (Lipinski definition) is 0. The predicted octanol–water partition coefficient (Wildman–Crippen LogP) is 3.31. The zero-order valence-corrected chi connectivity index (χ0v) is 8.22. The minimum Gasteiger partial charge on any atom is -0.372 e. The first-order valence-electron chi connectivity index (χ1n) is 4.99. The largest absolute Gasteiger partial charge is 0.416 e. The lowest BCUT2D eigenvalue weighted by atomic mass is 10.2. The molecule has 15 heavy (non-hydrogen) atoms.